The van der Waals surface area contributed by atoms with Crippen molar-refractivity contribution in [2.75, 3.05) is 20.1 Å². The van der Waals surface area contributed by atoms with Gasteiger partial charge in [-0.15, -0.1) is 24.0 Å². The van der Waals surface area contributed by atoms with Crippen LogP contribution in [-0.4, -0.2) is 37.1 Å². The fraction of sp³-hybridized carbons (Fsp3) is 0.333. The molecule has 28 heavy (non-hydrogen) atoms. The van der Waals surface area contributed by atoms with E-state index in [9.17, 15) is 9.90 Å². The Morgan fingerprint density at radius 2 is 1.71 bits per heavy atom. The number of benzene rings is 2. The fourth-order valence-electron chi connectivity index (χ4n) is 2.57. The zero-order chi connectivity index (χ0) is 19.7. The summed E-state index contributed by atoms with van der Waals surface area (Å²) in [6.45, 7) is 5.28. The second-order valence-corrected chi connectivity index (χ2v) is 6.46. The fourth-order valence-corrected chi connectivity index (χ4v) is 2.57. The van der Waals surface area contributed by atoms with Crippen molar-refractivity contribution in [3.8, 4) is 0 Å². The van der Waals surface area contributed by atoms with Gasteiger partial charge in [-0.05, 0) is 37.1 Å². The van der Waals surface area contributed by atoms with Crippen molar-refractivity contribution in [1.82, 2.24) is 16.0 Å². The number of amides is 1. The molecule has 2 rings (SSSR count). The normalized spacial score (nSPS) is 13.1. The van der Waals surface area contributed by atoms with Crippen LogP contribution in [0.15, 0.2) is 59.6 Å². The van der Waals surface area contributed by atoms with Gasteiger partial charge < -0.3 is 21.1 Å². The average molecular weight is 496 g/mol. The lowest BCUT2D eigenvalue weighted by Crippen LogP contribution is -2.44. The Morgan fingerprint density at radius 3 is 2.29 bits per heavy atom. The second kappa shape index (κ2) is 11.7. The zero-order valence-corrected chi connectivity index (χ0v) is 18.9. The molecule has 2 aromatic carbocycles. The van der Waals surface area contributed by atoms with Gasteiger partial charge in [0.2, 0.25) is 0 Å². The van der Waals surface area contributed by atoms with Crippen molar-refractivity contribution in [3.05, 3.63) is 71.3 Å². The van der Waals surface area contributed by atoms with Crippen LogP contribution >= 0.6 is 24.0 Å². The van der Waals surface area contributed by atoms with Crippen LogP contribution in [0.5, 0.6) is 0 Å². The highest BCUT2D eigenvalue weighted by Crippen LogP contribution is 2.18. The third-order valence-electron chi connectivity index (χ3n) is 4.20. The minimum absolute atomic E-state index is 0. The lowest BCUT2D eigenvalue weighted by Gasteiger charge is -2.25. The van der Waals surface area contributed by atoms with Crippen molar-refractivity contribution >= 4 is 35.8 Å². The zero-order valence-electron chi connectivity index (χ0n) is 16.5. The molecular formula is C21H29IN4O2. The third kappa shape index (κ3) is 7.12. The maximum Gasteiger partial charge on any atom is 0.251 e. The largest absolute Gasteiger partial charge is 0.384 e. The van der Waals surface area contributed by atoms with E-state index >= 15 is 0 Å². The maximum atomic E-state index is 11.6. The molecule has 6 nitrogen and oxygen atoms in total. The molecule has 1 unspecified atom stereocenters. The van der Waals surface area contributed by atoms with Crippen LogP contribution in [0.25, 0.3) is 0 Å². The Labute approximate surface area is 183 Å². The van der Waals surface area contributed by atoms with Gasteiger partial charge in [0.05, 0.1) is 13.1 Å². The lowest BCUT2D eigenvalue weighted by molar-refractivity contribution is 0.0617. The first-order valence-corrected chi connectivity index (χ1v) is 9.07. The van der Waals surface area contributed by atoms with Crippen molar-refractivity contribution in [2.24, 2.45) is 4.99 Å². The monoisotopic (exact) mass is 496 g/mol. The maximum absolute atomic E-state index is 11.6. The Kier molecular flexibility index (Phi) is 9.95. The number of guanidine groups is 1. The van der Waals surface area contributed by atoms with Gasteiger partial charge in [-0.25, -0.2) is 4.99 Å². The number of nitrogens with one attached hydrogen (secondary N) is 3. The van der Waals surface area contributed by atoms with Crippen LogP contribution in [0.1, 0.15) is 35.3 Å². The molecule has 0 radical (unpaired) electrons. The molecule has 0 saturated carbocycles. The van der Waals surface area contributed by atoms with Crippen molar-refractivity contribution in [3.63, 3.8) is 0 Å². The van der Waals surface area contributed by atoms with E-state index in [1.165, 1.54) is 0 Å². The van der Waals surface area contributed by atoms with E-state index in [1.54, 1.807) is 26.1 Å². The number of aliphatic hydroxyl groups is 1. The SMILES string of the molecule is CCNC(=NCc1ccc(C(=O)NC)cc1)NCC(C)(O)c1ccccc1.I. The average Bonchev–Trinajstić information content (AvgIpc) is 2.70. The van der Waals surface area contributed by atoms with Crippen LogP contribution in [-0.2, 0) is 12.1 Å². The molecule has 4 N–H and O–H groups in total. The molecule has 0 aromatic heterocycles. The number of aliphatic imine (C=N–C) groups is 1. The Morgan fingerprint density at radius 1 is 1.07 bits per heavy atom. The minimum atomic E-state index is -1.01. The molecular weight excluding hydrogens is 467 g/mol. The Balaban J connectivity index is 0.00000392. The summed E-state index contributed by atoms with van der Waals surface area (Å²) in [5.74, 6) is 0.521. The molecule has 0 aliphatic carbocycles. The summed E-state index contributed by atoms with van der Waals surface area (Å²) in [5, 5.41) is 19.7. The lowest BCUT2D eigenvalue weighted by atomic mass is 9.96. The standard InChI is InChI=1S/C21H28N4O2.HI/c1-4-23-20(25-15-21(2,27)18-8-6-5-7-9-18)24-14-16-10-12-17(13-11-16)19(26)22-3;/h5-13,27H,4,14-15H2,1-3H3,(H,22,26)(H2,23,24,25);1H. The molecule has 0 spiro atoms. The molecule has 0 heterocycles. The van der Waals surface area contributed by atoms with E-state index < -0.39 is 5.60 Å². The summed E-state index contributed by atoms with van der Waals surface area (Å²) in [6.07, 6.45) is 0. The van der Waals surface area contributed by atoms with Gasteiger partial charge in [-0.2, -0.15) is 0 Å². The summed E-state index contributed by atoms with van der Waals surface area (Å²) in [5.41, 5.74) is 1.45. The second-order valence-electron chi connectivity index (χ2n) is 6.46. The van der Waals surface area contributed by atoms with E-state index in [1.807, 2.05) is 49.4 Å². The highest BCUT2D eigenvalue weighted by molar-refractivity contribution is 14.0. The van der Waals surface area contributed by atoms with Gasteiger partial charge in [0.1, 0.15) is 5.60 Å². The molecule has 152 valence electrons. The molecule has 0 fully saturated rings. The summed E-state index contributed by atoms with van der Waals surface area (Å²) < 4.78 is 0. The Hall–Kier alpha value is -2.13. The van der Waals surface area contributed by atoms with Crippen LogP contribution in [0, 0.1) is 0 Å². The third-order valence-corrected chi connectivity index (χ3v) is 4.20. The van der Waals surface area contributed by atoms with E-state index in [0.717, 1.165) is 17.7 Å². The van der Waals surface area contributed by atoms with Gasteiger partial charge >= 0.3 is 0 Å². The summed E-state index contributed by atoms with van der Waals surface area (Å²) in [4.78, 5) is 16.1. The molecule has 0 aliphatic rings. The highest BCUT2D eigenvalue weighted by Gasteiger charge is 2.22. The molecule has 1 atom stereocenters. The van der Waals surface area contributed by atoms with E-state index in [2.05, 4.69) is 20.9 Å². The molecule has 0 aliphatic heterocycles. The van der Waals surface area contributed by atoms with Gasteiger partial charge in [0.15, 0.2) is 5.96 Å². The van der Waals surface area contributed by atoms with E-state index in [-0.39, 0.29) is 29.9 Å². The van der Waals surface area contributed by atoms with Crippen LogP contribution < -0.4 is 16.0 Å². The Bertz CT molecular complexity index is 762. The van der Waals surface area contributed by atoms with Gasteiger partial charge in [0, 0.05) is 19.2 Å². The number of nitrogens with zero attached hydrogens (tertiary/aromatic N) is 1. The molecule has 0 bridgehead atoms. The predicted octanol–water partition coefficient (Wildman–Crippen LogP) is 2.63. The first-order chi connectivity index (χ1) is 13.0. The van der Waals surface area contributed by atoms with Crippen LogP contribution in [0.2, 0.25) is 0 Å². The van der Waals surface area contributed by atoms with E-state index in [4.69, 9.17) is 0 Å². The number of carbonyl (C=O) groups is 1. The summed E-state index contributed by atoms with van der Waals surface area (Å²) in [7, 11) is 1.61. The van der Waals surface area contributed by atoms with Crippen LogP contribution in [0.3, 0.4) is 0 Å². The number of hydrogen-bond donors (Lipinski definition) is 4. The number of halogens is 1. The minimum Gasteiger partial charge on any atom is -0.384 e. The van der Waals surface area contributed by atoms with Crippen molar-refractivity contribution in [2.45, 2.75) is 26.0 Å². The first kappa shape index (κ1) is 23.9. The highest BCUT2D eigenvalue weighted by atomic mass is 127. The topological polar surface area (TPSA) is 85.8 Å². The van der Waals surface area contributed by atoms with Gasteiger partial charge in [-0.3, -0.25) is 4.79 Å². The van der Waals surface area contributed by atoms with Crippen molar-refractivity contribution in [1.29, 1.82) is 0 Å². The van der Waals surface area contributed by atoms with Crippen LogP contribution in [0.4, 0.5) is 0 Å². The smallest absolute Gasteiger partial charge is 0.251 e. The number of hydrogen-bond acceptors (Lipinski definition) is 3. The molecule has 1 amide bonds. The molecule has 7 heteroatoms. The molecule has 2 aromatic rings. The van der Waals surface area contributed by atoms with Gasteiger partial charge in [0.25, 0.3) is 5.91 Å². The number of carbonyl (C=O) groups excluding carboxylic acids is 1. The quantitative estimate of drug-likeness (QED) is 0.270. The predicted molar refractivity (Wildman–Crippen MR) is 124 cm³/mol. The van der Waals surface area contributed by atoms with E-state index in [0.29, 0.717) is 24.6 Å². The number of rotatable bonds is 7. The molecule has 0 saturated heterocycles. The summed E-state index contributed by atoms with van der Waals surface area (Å²) >= 11 is 0. The van der Waals surface area contributed by atoms with Gasteiger partial charge in [-0.1, -0.05) is 42.5 Å². The summed E-state index contributed by atoms with van der Waals surface area (Å²) in [6, 6.07) is 16.9. The van der Waals surface area contributed by atoms with Crippen molar-refractivity contribution < 1.29 is 9.90 Å². The first-order valence-electron chi connectivity index (χ1n) is 9.07.